The van der Waals surface area contributed by atoms with E-state index in [9.17, 15) is 9.59 Å². The number of nitrogens with one attached hydrogen (secondary N) is 1. The normalized spacial score (nSPS) is 21.9. The predicted octanol–water partition coefficient (Wildman–Crippen LogP) is 0.627. The summed E-state index contributed by atoms with van der Waals surface area (Å²) in [7, 11) is 0. The number of amides is 2. The summed E-state index contributed by atoms with van der Waals surface area (Å²) >= 11 is 0. The SMILES string of the molecule is CC(C)CNCCN1C(=O)CC(C)C1=O. The second kappa shape index (κ2) is 5.26. The van der Waals surface area contributed by atoms with E-state index in [-0.39, 0.29) is 17.7 Å². The molecule has 15 heavy (non-hydrogen) atoms. The van der Waals surface area contributed by atoms with Crippen molar-refractivity contribution in [1.82, 2.24) is 10.2 Å². The Morgan fingerprint density at radius 1 is 1.47 bits per heavy atom. The molecule has 4 heteroatoms. The molecule has 1 saturated heterocycles. The standard InChI is InChI=1S/C11H20N2O2/c1-8(2)7-12-4-5-13-10(14)6-9(3)11(13)15/h8-9,12H,4-7H2,1-3H3. The molecule has 0 radical (unpaired) electrons. The van der Waals surface area contributed by atoms with Gasteiger partial charge in [0.25, 0.3) is 0 Å². The van der Waals surface area contributed by atoms with Gasteiger partial charge in [0.1, 0.15) is 0 Å². The lowest BCUT2D eigenvalue weighted by atomic mass is 10.1. The van der Waals surface area contributed by atoms with Crippen molar-refractivity contribution < 1.29 is 9.59 Å². The maximum atomic E-state index is 11.5. The van der Waals surface area contributed by atoms with Crippen LogP contribution in [0.3, 0.4) is 0 Å². The van der Waals surface area contributed by atoms with Crippen molar-refractivity contribution >= 4 is 11.8 Å². The minimum absolute atomic E-state index is 0.0219. The third-order valence-corrected chi connectivity index (χ3v) is 2.53. The maximum absolute atomic E-state index is 11.5. The van der Waals surface area contributed by atoms with E-state index in [1.54, 1.807) is 0 Å². The maximum Gasteiger partial charge on any atom is 0.232 e. The molecule has 86 valence electrons. The van der Waals surface area contributed by atoms with Crippen molar-refractivity contribution in [3.05, 3.63) is 0 Å². The zero-order valence-electron chi connectivity index (χ0n) is 9.75. The number of carbonyl (C=O) groups is 2. The van der Waals surface area contributed by atoms with Gasteiger partial charge in [-0.3, -0.25) is 14.5 Å². The number of rotatable bonds is 5. The molecule has 1 rings (SSSR count). The average Bonchev–Trinajstić information content (AvgIpc) is 2.37. The molecule has 1 heterocycles. The first-order chi connectivity index (χ1) is 7.02. The molecule has 0 aromatic rings. The fourth-order valence-corrected chi connectivity index (χ4v) is 1.66. The summed E-state index contributed by atoms with van der Waals surface area (Å²) in [5.41, 5.74) is 0. The third kappa shape index (κ3) is 3.30. The third-order valence-electron chi connectivity index (χ3n) is 2.53. The Bertz CT molecular complexity index is 251. The largest absolute Gasteiger partial charge is 0.315 e. The lowest BCUT2D eigenvalue weighted by Crippen LogP contribution is -2.37. The Morgan fingerprint density at radius 3 is 2.60 bits per heavy atom. The highest BCUT2D eigenvalue weighted by Crippen LogP contribution is 2.17. The van der Waals surface area contributed by atoms with Crippen LogP contribution in [0.4, 0.5) is 0 Å². The summed E-state index contributed by atoms with van der Waals surface area (Å²) in [6.45, 7) is 8.19. The Labute approximate surface area is 91.0 Å². The summed E-state index contributed by atoms with van der Waals surface area (Å²) in [6.07, 6.45) is 0.378. The lowest BCUT2D eigenvalue weighted by Gasteiger charge is -2.15. The van der Waals surface area contributed by atoms with Gasteiger partial charge in [-0.05, 0) is 12.5 Å². The Hall–Kier alpha value is -0.900. The monoisotopic (exact) mass is 212 g/mol. The molecule has 1 unspecified atom stereocenters. The quantitative estimate of drug-likeness (QED) is 0.537. The number of imide groups is 1. The van der Waals surface area contributed by atoms with Crippen LogP contribution in [0.2, 0.25) is 0 Å². The topological polar surface area (TPSA) is 49.4 Å². The molecule has 1 aliphatic heterocycles. The molecule has 1 aliphatic rings. The molecule has 0 aromatic heterocycles. The van der Waals surface area contributed by atoms with Crippen molar-refractivity contribution in [2.45, 2.75) is 27.2 Å². The number of hydrogen-bond donors (Lipinski definition) is 1. The van der Waals surface area contributed by atoms with E-state index in [4.69, 9.17) is 0 Å². The average molecular weight is 212 g/mol. The molecule has 0 aliphatic carbocycles. The summed E-state index contributed by atoms with van der Waals surface area (Å²) in [4.78, 5) is 24.3. The smallest absolute Gasteiger partial charge is 0.232 e. The van der Waals surface area contributed by atoms with Gasteiger partial charge >= 0.3 is 0 Å². The zero-order chi connectivity index (χ0) is 11.4. The molecular weight excluding hydrogens is 192 g/mol. The number of hydrogen-bond acceptors (Lipinski definition) is 3. The molecule has 0 saturated carbocycles. The fraction of sp³-hybridized carbons (Fsp3) is 0.818. The van der Waals surface area contributed by atoms with Crippen molar-refractivity contribution in [3.63, 3.8) is 0 Å². The Balaban J connectivity index is 2.27. The van der Waals surface area contributed by atoms with Crippen molar-refractivity contribution in [3.8, 4) is 0 Å². The first-order valence-corrected chi connectivity index (χ1v) is 5.57. The van der Waals surface area contributed by atoms with E-state index in [2.05, 4.69) is 19.2 Å². The lowest BCUT2D eigenvalue weighted by molar-refractivity contribution is -0.139. The van der Waals surface area contributed by atoms with Gasteiger partial charge < -0.3 is 5.32 Å². The van der Waals surface area contributed by atoms with Gasteiger partial charge in [0.05, 0.1) is 0 Å². The zero-order valence-corrected chi connectivity index (χ0v) is 9.75. The number of nitrogens with zero attached hydrogens (tertiary/aromatic N) is 1. The predicted molar refractivity (Wildman–Crippen MR) is 58.2 cm³/mol. The molecule has 1 fully saturated rings. The van der Waals surface area contributed by atoms with E-state index in [0.29, 0.717) is 25.4 Å². The minimum atomic E-state index is -0.123. The number of likely N-dealkylation sites (tertiary alicyclic amines) is 1. The molecule has 2 amide bonds. The van der Waals surface area contributed by atoms with Crippen LogP contribution >= 0.6 is 0 Å². The number of carbonyl (C=O) groups excluding carboxylic acids is 2. The summed E-state index contributed by atoms with van der Waals surface area (Å²) in [5, 5.41) is 3.22. The van der Waals surface area contributed by atoms with Gasteiger partial charge in [-0.2, -0.15) is 0 Å². The highest BCUT2D eigenvalue weighted by Gasteiger charge is 2.34. The van der Waals surface area contributed by atoms with Crippen molar-refractivity contribution in [2.24, 2.45) is 11.8 Å². The van der Waals surface area contributed by atoms with Crippen LogP contribution in [0.5, 0.6) is 0 Å². The molecular formula is C11H20N2O2. The molecule has 1 N–H and O–H groups in total. The highest BCUT2D eigenvalue weighted by atomic mass is 16.2. The van der Waals surface area contributed by atoms with Crippen LogP contribution in [-0.2, 0) is 9.59 Å². The van der Waals surface area contributed by atoms with Gasteiger partial charge in [-0.15, -0.1) is 0 Å². The second-order valence-electron chi connectivity index (χ2n) is 4.59. The van der Waals surface area contributed by atoms with Gasteiger partial charge in [0.2, 0.25) is 11.8 Å². The Morgan fingerprint density at radius 2 is 2.13 bits per heavy atom. The molecule has 0 spiro atoms. The summed E-state index contributed by atoms with van der Waals surface area (Å²) < 4.78 is 0. The second-order valence-corrected chi connectivity index (χ2v) is 4.59. The van der Waals surface area contributed by atoms with Crippen LogP contribution in [-0.4, -0.2) is 36.3 Å². The van der Waals surface area contributed by atoms with E-state index in [0.717, 1.165) is 6.54 Å². The van der Waals surface area contributed by atoms with Crippen LogP contribution in [0, 0.1) is 11.8 Å². The van der Waals surface area contributed by atoms with Crippen LogP contribution in [0.15, 0.2) is 0 Å². The Kier molecular flexibility index (Phi) is 4.27. The van der Waals surface area contributed by atoms with E-state index in [1.165, 1.54) is 4.90 Å². The van der Waals surface area contributed by atoms with E-state index in [1.807, 2.05) is 6.92 Å². The van der Waals surface area contributed by atoms with Gasteiger partial charge in [-0.1, -0.05) is 20.8 Å². The fourth-order valence-electron chi connectivity index (χ4n) is 1.66. The van der Waals surface area contributed by atoms with Crippen LogP contribution in [0.25, 0.3) is 0 Å². The summed E-state index contributed by atoms with van der Waals surface area (Å²) in [6, 6.07) is 0. The van der Waals surface area contributed by atoms with Gasteiger partial charge in [0, 0.05) is 25.4 Å². The summed E-state index contributed by atoms with van der Waals surface area (Å²) in [5.74, 6) is 0.418. The molecule has 1 atom stereocenters. The first-order valence-electron chi connectivity index (χ1n) is 5.57. The minimum Gasteiger partial charge on any atom is -0.315 e. The molecule has 0 bridgehead atoms. The van der Waals surface area contributed by atoms with E-state index >= 15 is 0 Å². The van der Waals surface area contributed by atoms with Gasteiger partial charge in [-0.25, -0.2) is 0 Å². The van der Waals surface area contributed by atoms with Crippen LogP contribution < -0.4 is 5.32 Å². The van der Waals surface area contributed by atoms with Crippen molar-refractivity contribution in [2.75, 3.05) is 19.6 Å². The molecule has 4 nitrogen and oxygen atoms in total. The van der Waals surface area contributed by atoms with E-state index < -0.39 is 0 Å². The van der Waals surface area contributed by atoms with Gasteiger partial charge in [0.15, 0.2) is 0 Å². The molecule has 0 aromatic carbocycles. The van der Waals surface area contributed by atoms with Crippen molar-refractivity contribution in [1.29, 1.82) is 0 Å². The first kappa shape index (κ1) is 12.2. The highest BCUT2D eigenvalue weighted by molar-refractivity contribution is 6.03. The van der Waals surface area contributed by atoms with Crippen LogP contribution in [0.1, 0.15) is 27.2 Å².